The molecule has 2 heteroatoms. The van der Waals surface area contributed by atoms with Gasteiger partial charge in [-0.05, 0) is 44.2 Å². The fourth-order valence-electron chi connectivity index (χ4n) is 3.12. The first-order chi connectivity index (χ1) is 9.19. The number of aliphatic hydroxyl groups excluding tert-OH is 1. The van der Waals surface area contributed by atoms with Gasteiger partial charge >= 0.3 is 0 Å². The quantitative estimate of drug-likeness (QED) is 0.878. The molecule has 2 rings (SSSR count). The topological polar surface area (TPSA) is 23.5 Å². The van der Waals surface area contributed by atoms with Gasteiger partial charge in [0.1, 0.15) is 0 Å². The van der Waals surface area contributed by atoms with E-state index in [-0.39, 0.29) is 0 Å². The van der Waals surface area contributed by atoms with E-state index in [1.807, 2.05) is 0 Å². The lowest BCUT2D eigenvalue weighted by Crippen LogP contribution is -2.40. The van der Waals surface area contributed by atoms with Crippen LogP contribution in [0.2, 0.25) is 0 Å². The first-order valence-electron chi connectivity index (χ1n) is 7.59. The van der Waals surface area contributed by atoms with Crippen LogP contribution in [0.25, 0.3) is 0 Å². The number of hydrogen-bond acceptors (Lipinski definition) is 2. The Balaban J connectivity index is 1.99. The second-order valence-electron chi connectivity index (χ2n) is 6.13. The van der Waals surface area contributed by atoms with Crippen LogP contribution in [0.3, 0.4) is 0 Å². The number of hydrogen-bond donors (Lipinski definition) is 1. The second kappa shape index (κ2) is 7.06. The third-order valence-corrected chi connectivity index (χ3v) is 4.20. The van der Waals surface area contributed by atoms with Crippen LogP contribution >= 0.6 is 0 Å². The lowest BCUT2D eigenvalue weighted by Gasteiger charge is -2.37. The number of piperidine rings is 1. The molecular weight excluding hydrogens is 234 g/mol. The maximum Gasteiger partial charge on any atom is 0.0457 e. The Morgan fingerprint density at radius 1 is 1.37 bits per heavy atom. The summed E-state index contributed by atoms with van der Waals surface area (Å²) in [6.07, 6.45) is 5.07. The molecule has 1 N–H and O–H groups in total. The summed E-state index contributed by atoms with van der Waals surface area (Å²) in [6.45, 7) is 6.89. The van der Waals surface area contributed by atoms with Crippen molar-refractivity contribution in [2.75, 3.05) is 13.2 Å². The molecule has 0 aromatic heterocycles. The molecule has 1 aliphatic heterocycles. The molecular formula is C17H27NO. The molecule has 1 aromatic carbocycles. The molecule has 2 unspecified atom stereocenters. The summed E-state index contributed by atoms with van der Waals surface area (Å²) in [7, 11) is 0. The van der Waals surface area contributed by atoms with E-state index in [4.69, 9.17) is 0 Å². The molecule has 0 radical (unpaired) electrons. The van der Waals surface area contributed by atoms with Gasteiger partial charge in [0, 0.05) is 19.2 Å². The fourth-order valence-corrected chi connectivity index (χ4v) is 3.12. The van der Waals surface area contributed by atoms with Crippen molar-refractivity contribution in [3.8, 4) is 0 Å². The zero-order valence-corrected chi connectivity index (χ0v) is 12.3. The minimum absolute atomic E-state index is 0.314. The first kappa shape index (κ1) is 14.5. The average molecular weight is 261 g/mol. The molecule has 1 saturated heterocycles. The van der Waals surface area contributed by atoms with Crippen molar-refractivity contribution in [2.24, 2.45) is 5.92 Å². The number of aliphatic hydroxyl groups is 1. The summed E-state index contributed by atoms with van der Waals surface area (Å²) >= 11 is 0. The highest BCUT2D eigenvalue weighted by molar-refractivity contribution is 5.22. The normalized spacial score (nSPS) is 22.4. The van der Waals surface area contributed by atoms with Crippen LogP contribution in [0.5, 0.6) is 0 Å². The van der Waals surface area contributed by atoms with Gasteiger partial charge in [0.05, 0.1) is 0 Å². The Morgan fingerprint density at radius 3 is 2.95 bits per heavy atom. The number of nitrogens with zero attached hydrogens (tertiary/aromatic N) is 1. The Hall–Kier alpha value is -0.860. The minimum Gasteiger partial charge on any atom is -0.396 e. The Morgan fingerprint density at radius 2 is 2.21 bits per heavy atom. The summed E-state index contributed by atoms with van der Waals surface area (Å²) in [6, 6.07) is 9.48. The van der Waals surface area contributed by atoms with Crippen LogP contribution in [0, 0.1) is 12.8 Å². The zero-order valence-electron chi connectivity index (χ0n) is 12.3. The van der Waals surface area contributed by atoms with Crippen LogP contribution < -0.4 is 0 Å². The van der Waals surface area contributed by atoms with Crippen molar-refractivity contribution >= 4 is 0 Å². The molecule has 2 atom stereocenters. The summed E-state index contributed by atoms with van der Waals surface area (Å²) in [4.78, 5) is 2.62. The SMILES string of the molecule is Cc1cccc(CN2CCCCC2CC(C)CO)c1. The largest absolute Gasteiger partial charge is 0.396 e. The van der Waals surface area contributed by atoms with Crippen molar-refractivity contribution in [3.63, 3.8) is 0 Å². The van der Waals surface area contributed by atoms with Gasteiger partial charge in [-0.15, -0.1) is 0 Å². The van der Waals surface area contributed by atoms with E-state index in [9.17, 15) is 5.11 Å². The Kier molecular flexibility index (Phi) is 5.41. The van der Waals surface area contributed by atoms with E-state index >= 15 is 0 Å². The van der Waals surface area contributed by atoms with Crippen molar-refractivity contribution in [1.29, 1.82) is 0 Å². The molecule has 1 fully saturated rings. The monoisotopic (exact) mass is 261 g/mol. The van der Waals surface area contributed by atoms with Gasteiger partial charge in [-0.1, -0.05) is 43.2 Å². The molecule has 1 aromatic rings. The maximum absolute atomic E-state index is 9.26. The third kappa shape index (κ3) is 4.32. The van der Waals surface area contributed by atoms with Gasteiger partial charge in [0.15, 0.2) is 0 Å². The minimum atomic E-state index is 0.314. The first-order valence-corrected chi connectivity index (χ1v) is 7.59. The van der Waals surface area contributed by atoms with Gasteiger partial charge in [0.25, 0.3) is 0 Å². The summed E-state index contributed by atoms with van der Waals surface area (Å²) in [5.41, 5.74) is 2.76. The predicted molar refractivity (Wildman–Crippen MR) is 80.1 cm³/mol. The fraction of sp³-hybridized carbons (Fsp3) is 0.647. The number of rotatable bonds is 5. The van der Waals surface area contributed by atoms with Gasteiger partial charge in [-0.2, -0.15) is 0 Å². The van der Waals surface area contributed by atoms with E-state index in [0.29, 0.717) is 18.6 Å². The van der Waals surface area contributed by atoms with Crippen molar-refractivity contribution in [2.45, 2.75) is 52.1 Å². The second-order valence-corrected chi connectivity index (χ2v) is 6.13. The standard InChI is InChI=1S/C17H27NO/c1-14-6-5-7-16(10-14)12-18-9-4-3-8-17(18)11-15(2)13-19/h5-7,10,15,17,19H,3-4,8-9,11-13H2,1-2H3. The highest BCUT2D eigenvalue weighted by atomic mass is 16.3. The molecule has 0 saturated carbocycles. The van der Waals surface area contributed by atoms with E-state index in [0.717, 1.165) is 13.0 Å². The van der Waals surface area contributed by atoms with Crippen molar-refractivity contribution in [1.82, 2.24) is 4.90 Å². The van der Waals surface area contributed by atoms with E-state index in [2.05, 4.69) is 43.0 Å². The third-order valence-electron chi connectivity index (χ3n) is 4.20. The van der Waals surface area contributed by atoms with Gasteiger partial charge < -0.3 is 5.11 Å². The Bertz CT molecular complexity index is 391. The molecule has 0 spiro atoms. The van der Waals surface area contributed by atoms with E-state index in [1.54, 1.807) is 0 Å². The molecule has 1 aliphatic rings. The molecule has 0 bridgehead atoms. The Labute approximate surface area is 117 Å². The van der Waals surface area contributed by atoms with Gasteiger partial charge in [-0.25, -0.2) is 0 Å². The van der Waals surface area contributed by atoms with Crippen LogP contribution in [0.4, 0.5) is 0 Å². The highest BCUT2D eigenvalue weighted by Crippen LogP contribution is 2.24. The highest BCUT2D eigenvalue weighted by Gasteiger charge is 2.23. The smallest absolute Gasteiger partial charge is 0.0457 e. The molecule has 1 heterocycles. The lowest BCUT2D eigenvalue weighted by molar-refractivity contribution is 0.105. The molecule has 106 valence electrons. The number of benzene rings is 1. The number of aryl methyl sites for hydroxylation is 1. The van der Waals surface area contributed by atoms with Crippen LogP contribution in [-0.2, 0) is 6.54 Å². The van der Waals surface area contributed by atoms with E-state index in [1.165, 1.54) is 36.9 Å². The predicted octanol–water partition coefficient (Wildman–Crippen LogP) is 3.37. The van der Waals surface area contributed by atoms with Gasteiger partial charge in [-0.3, -0.25) is 4.90 Å². The molecule has 19 heavy (non-hydrogen) atoms. The molecule has 0 amide bonds. The lowest BCUT2D eigenvalue weighted by atomic mass is 9.93. The van der Waals surface area contributed by atoms with E-state index < -0.39 is 0 Å². The van der Waals surface area contributed by atoms with Crippen LogP contribution in [0.1, 0.15) is 43.7 Å². The van der Waals surface area contributed by atoms with Crippen LogP contribution in [0.15, 0.2) is 24.3 Å². The average Bonchev–Trinajstić information content (AvgIpc) is 2.41. The summed E-state index contributed by atoms with van der Waals surface area (Å²) in [5, 5.41) is 9.26. The maximum atomic E-state index is 9.26. The molecule has 2 nitrogen and oxygen atoms in total. The van der Waals surface area contributed by atoms with Crippen LogP contribution in [-0.4, -0.2) is 29.2 Å². The van der Waals surface area contributed by atoms with Crippen molar-refractivity contribution < 1.29 is 5.11 Å². The molecule has 0 aliphatic carbocycles. The number of likely N-dealkylation sites (tertiary alicyclic amines) is 1. The van der Waals surface area contributed by atoms with Crippen molar-refractivity contribution in [3.05, 3.63) is 35.4 Å². The summed E-state index contributed by atoms with van der Waals surface area (Å²) in [5.74, 6) is 0.420. The zero-order chi connectivity index (χ0) is 13.7. The van der Waals surface area contributed by atoms with Gasteiger partial charge in [0.2, 0.25) is 0 Å². The summed E-state index contributed by atoms with van der Waals surface area (Å²) < 4.78 is 0.